The Balaban J connectivity index is 1.67. The average Bonchev–Trinajstić information content (AvgIpc) is 2.81. The molecule has 0 saturated heterocycles. The molecular formula is C25H29NO5. The zero-order valence-electron chi connectivity index (χ0n) is 17.6. The van der Waals surface area contributed by atoms with Crippen molar-refractivity contribution in [2.24, 2.45) is 0 Å². The summed E-state index contributed by atoms with van der Waals surface area (Å²) in [7, 11) is 0. The van der Waals surface area contributed by atoms with Crippen LogP contribution in [0.1, 0.15) is 60.9 Å². The molecule has 2 aromatic carbocycles. The summed E-state index contributed by atoms with van der Waals surface area (Å²) in [5.74, 6) is -1.60. The van der Waals surface area contributed by atoms with Crippen molar-refractivity contribution in [2.75, 3.05) is 0 Å². The number of carbonyl (C=O) groups is 3. The zero-order valence-corrected chi connectivity index (χ0v) is 17.6. The lowest BCUT2D eigenvalue weighted by molar-refractivity contribution is -0.156. The normalized spacial score (nSPS) is 16.3. The minimum absolute atomic E-state index is 0.0864. The third kappa shape index (κ3) is 6.25. The van der Waals surface area contributed by atoms with Gasteiger partial charge in [0.2, 0.25) is 0 Å². The molecule has 1 aliphatic rings. The molecule has 1 atom stereocenters. The molecule has 2 aromatic rings. The van der Waals surface area contributed by atoms with Crippen molar-refractivity contribution < 1.29 is 24.2 Å². The van der Waals surface area contributed by atoms with Crippen LogP contribution in [0.2, 0.25) is 0 Å². The lowest BCUT2D eigenvalue weighted by Crippen LogP contribution is -2.59. The van der Waals surface area contributed by atoms with E-state index in [-0.39, 0.29) is 25.2 Å². The molecule has 1 unspecified atom stereocenters. The van der Waals surface area contributed by atoms with Gasteiger partial charge >= 0.3 is 11.9 Å². The van der Waals surface area contributed by atoms with Gasteiger partial charge in [0, 0.05) is 12.0 Å². The van der Waals surface area contributed by atoms with Crippen molar-refractivity contribution in [3.8, 4) is 0 Å². The first-order chi connectivity index (χ1) is 15.0. The maximum atomic E-state index is 13.1. The number of hydrogen-bond donors (Lipinski definition) is 2. The predicted molar refractivity (Wildman–Crippen MR) is 117 cm³/mol. The van der Waals surface area contributed by atoms with Crippen LogP contribution >= 0.6 is 0 Å². The zero-order chi connectivity index (χ0) is 22.1. The summed E-state index contributed by atoms with van der Waals surface area (Å²) >= 11 is 0. The minimum atomic E-state index is -1.07. The van der Waals surface area contributed by atoms with Crippen LogP contribution in [-0.2, 0) is 20.9 Å². The molecule has 0 aliphatic heterocycles. The molecule has 0 amide bonds. The Kier molecular flexibility index (Phi) is 7.95. The SMILES string of the molecule is O=C(CCC(NC1(C(=O)OCc2ccccc2)CCCCC1)C(=O)O)c1ccccc1. The number of ether oxygens (including phenoxy) is 1. The van der Waals surface area contributed by atoms with Crippen molar-refractivity contribution in [3.05, 3.63) is 71.8 Å². The smallest absolute Gasteiger partial charge is 0.326 e. The van der Waals surface area contributed by atoms with E-state index < -0.39 is 23.5 Å². The number of carboxylic acid groups (broad SMARTS) is 1. The number of hydrogen-bond acceptors (Lipinski definition) is 5. The summed E-state index contributed by atoms with van der Waals surface area (Å²) in [6.07, 6.45) is 3.89. The topological polar surface area (TPSA) is 92.7 Å². The summed E-state index contributed by atoms with van der Waals surface area (Å²) < 4.78 is 5.59. The van der Waals surface area contributed by atoms with Gasteiger partial charge in [-0.3, -0.25) is 19.7 Å². The van der Waals surface area contributed by atoms with E-state index in [4.69, 9.17) is 4.74 Å². The molecule has 6 heteroatoms. The van der Waals surface area contributed by atoms with Gasteiger partial charge in [-0.1, -0.05) is 79.9 Å². The second kappa shape index (κ2) is 10.9. The molecular weight excluding hydrogens is 394 g/mol. The van der Waals surface area contributed by atoms with E-state index in [1.807, 2.05) is 36.4 Å². The van der Waals surface area contributed by atoms with E-state index >= 15 is 0 Å². The number of carboxylic acids is 1. The lowest BCUT2D eigenvalue weighted by Gasteiger charge is -2.38. The maximum absolute atomic E-state index is 13.1. The van der Waals surface area contributed by atoms with Crippen LogP contribution in [0.25, 0.3) is 0 Å². The van der Waals surface area contributed by atoms with E-state index in [0.29, 0.717) is 18.4 Å². The number of benzene rings is 2. The summed E-state index contributed by atoms with van der Waals surface area (Å²) in [6.45, 7) is 0.146. The van der Waals surface area contributed by atoms with E-state index in [2.05, 4.69) is 5.32 Å². The molecule has 0 spiro atoms. The van der Waals surface area contributed by atoms with Gasteiger partial charge < -0.3 is 9.84 Å². The highest BCUT2D eigenvalue weighted by Crippen LogP contribution is 2.31. The number of ketones is 1. The molecule has 31 heavy (non-hydrogen) atoms. The Morgan fingerprint density at radius 3 is 2.16 bits per heavy atom. The molecule has 0 radical (unpaired) electrons. The van der Waals surface area contributed by atoms with Crippen LogP contribution in [0.4, 0.5) is 0 Å². The Morgan fingerprint density at radius 2 is 1.55 bits per heavy atom. The fourth-order valence-corrected chi connectivity index (χ4v) is 4.06. The Morgan fingerprint density at radius 1 is 0.935 bits per heavy atom. The van der Waals surface area contributed by atoms with E-state index in [1.165, 1.54) is 0 Å². The molecule has 1 aliphatic carbocycles. The lowest BCUT2D eigenvalue weighted by atomic mass is 9.80. The molecule has 1 saturated carbocycles. The quantitative estimate of drug-likeness (QED) is 0.441. The first-order valence-corrected chi connectivity index (χ1v) is 10.8. The van der Waals surface area contributed by atoms with Crippen molar-refractivity contribution in [3.63, 3.8) is 0 Å². The van der Waals surface area contributed by atoms with E-state index in [0.717, 1.165) is 24.8 Å². The fraction of sp³-hybridized carbons (Fsp3) is 0.400. The first-order valence-electron chi connectivity index (χ1n) is 10.8. The third-order valence-corrected chi connectivity index (χ3v) is 5.82. The Bertz CT molecular complexity index is 875. The number of esters is 1. The largest absolute Gasteiger partial charge is 0.480 e. The Hall–Kier alpha value is -2.99. The molecule has 6 nitrogen and oxygen atoms in total. The van der Waals surface area contributed by atoms with Crippen LogP contribution in [0, 0.1) is 0 Å². The average molecular weight is 424 g/mol. The number of carbonyl (C=O) groups excluding carboxylic acids is 2. The molecule has 0 aromatic heterocycles. The predicted octanol–water partition coefficient (Wildman–Crippen LogP) is 4.14. The number of rotatable bonds is 10. The van der Waals surface area contributed by atoms with E-state index in [9.17, 15) is 19.5 Å². The summed E-state index contributed by atoms with van der Waals surface area (Å²) in [5, 5.41) is 12.9. The van der Waals surface area contributed by atoms with Crippen molar-refractivity contribution in [2.45, 2.75) is 63.1 Å². The fourth-order valence-electron chi connectivity index (χ4n) is 4.06. The highest BCUT2D eigenvalue weighted by Gasteiger charge is 2.43. The van der Waals surface area contributed by atoms with Crippen LogP contribution < -0.4 is 5.32 Å². The van der Waals surface area contributed by atoms with Gasteiger partial charge in [0.25, 0.3) is 0 Å². The maximum Gasteiger partial charge on any atom is 0.326 e. The molecule has 2 N–H and O–H groups in total. The van der Waals surface area contributed by atoms with Crippen LogP contribution in [0.5, 0.6) is 0 Å². The number of nitrogens with one attached hydrogen (secondary N) is 1. The molecule has 3 rings (SSSR count). The van der Waals surface area contributed by atoms with Crippen molar-refractivity contribution >= 4 is 17.7 Å². The standard InChI is InChI=1S/C25H29NO5/c27-22(20-12-6-2-7-13-20)15-14-21(23(28)29)26-25(16-8-3-9-17-25)24(30)31-18-19-10-4-1-5-11-19/h1-2,4-7,10-13,21,26H,3,8-9,14-18H2,(H,28,29). The van der Waals surface area contributed by atoms with Gasteiger partial charge in [-0.15, -0.1) is 0 Å². The van der Waals surface area contributed by atoms with Gasteiger partial charge in [0.1, 0.15) is 18.2 Å². The second-order valence-electron chi connectivity index (χ2n) is 8.07. The summed E-state index contributed by atoms with van der Waals surface area (Å²) in [6, 6.07) is 17.2. The monoisotopic (exact) mass is 423 g/mol. The molecule has 0 heterocycles. The highest BCUT2D eigenvalue weighted by molar-refractivity contribution is 5.96. The van der Waals surface area contributed by atoms with Gasteiger partial charge in [0.15, 0.2) is 5.78 Å². The number of aliphatic carboxylic acids is 1. The van der Waals surface area contributed by atoms with Gasteiger partial charge in [0.05, 0.1) is 0 Å². The van der Waals surface area contributed by atoms with Gasteiger partial charge in [-0.2, -0.15) is 0 Å². The van der Waals surface area contributed by atoms with Gasteiger partial charge in [-0.05, 0) is 24.8 Å². The molecule has 164 valence electrons. The van der Waals surface area contributed by atoms with Crippen molar-refractivity contribution in [1.82, 2.24) is 5.32 Å². The number of Topliss-reactive ketones (excluding diaryl/α,β-unsaturated/α-hetero) is 1. The minimum Gasteiger partial charge on any atom is -0.480 e. The van der Waals surface area contributed by atoms with Crippen LogP contribution in [0.15, 0.2) is 60.7 Å². The molecule has 0 bridgehead atoms. The van der Waals surface area contributed by atoms with Crippen LogP contribution in [0.3, 0.4) is 0 Å². The van der Waals surface area contributed by atoms with E-state index in [1.54, 1.807) is 24.3 Å². The van der Waals surface area contributed by atoms with Gasteiger partial charge in [-0.25, -0.2) is 0 Å². The van der Waals surface area contributed by atoms with Crippen molar-refractivity contribution in [1.29, 1.82) is 0 Å². The van der Waals surface area contributed by atoms with Crippen LogP contribution in [-0.4, -0.2) is 34.4 Å². The first kappa shape index (κ1) is 22.7. The third-order valence-electron chi connectivity index (χ3n) is 5.82. The Labute approximate surface area is 182 Å². The second-order valence-corrected chi connectivity index (χ2v) is 8.07. The summed E-state index contributed by atoms with van der Waals surface area (Å²) in [4.78, 5) is 37.4. The highest BCUT2D eigenvalue weighted by atomic mass is 16.5. The summed E-state index contributed by atoms with van der Waals surface area (Å²) in [5.41, 5.74) is 0.401. The molecule has 1 fully saturated rings.